The van der Waals surface area contributed by atoms with Gasteiger partial charge in [0, 0.05) is 25.8 Å². The summed E-state index contributed by atoms with van der Waals surface area (Å²) in [6.07, 6.45) is -5.02. The van der Waals surface area contributed by atoms with Gasteiger partial charge in [-0.1, -0.05) is 0 Å². The fraction of sp³-hybridized carbons (Fsp3) is 0.941. The first-order valence-corrected chi connectivity index (χ1v) is 9.07. The predicted octanol–water partition coefficient (Wildman–Crippen LogP) is -1.59. The van der Waals surface area contributed by atoms with Crippen molar-refractivity contribution >= 4 is 5.91 Å². The van der Waals surface area contributed by atoms with Gasteiger partial charge in [-0.3, -0.25) is 4.79 Å². The minimum atomic E-state index is -1.78. The molecule has 1 aliphatic carbocycles. The molecule has 2 saturated heterocycles. The number of aliphatic hydroxyl groups is 4. The fourth-order valence-corrected chi connectivity index (χ4v) is 4.07. The summed E-state index contributed by atoms with van der Waals surface area (Å²) in [5.74, 6) is -1.50. The van der Waals surface area contributed by atoms with Crippen LogP contribution in [0.3, 0.4) is 0 Å². The highest BCUT2D eigenvalue weighted by Gasteiger charge is 2.55. The van der Waals surface area contributed by atoms with Crippen molar-refractivity contribution in [1.29, 1.82) is 0 Å². The van der Waals surface area contributed by atoms with Crippen LogP contribution in [0.1, 0.15) is 40.0 Å². The standard InChI is InChI=1S/C17H29NO8/c1-8-13(21)10(19)4-9(24-8)7-18-15(22)17(23)5-11(20)14-12(6-17)25-16(2,3)26-14/h8-14,19-21,23H,4-7H2,1-3H3,(H,18,22)/t8-,9-,10+,11+,12+,13+,14-,17+/m0/s1. The average molecular weight is 375 g/mol. The number of fused-ring (bicyclic) bond motifs is 1. The average Bonchev–Trinajstić information content (AvgIpc) is 2.84. The number of amides is 1. The summed E-state index contributed by atoms with van der Waals surface area (Å²) < 4.78 is 16.9. The lowest BCUT2D eigenvalue weighted by Crippen LogP contribution is -2.59. The van der Waals surface area contributed by atoms with Crippen LogP contribution in [0.15, 0.2) is 0 Å². The van der Waals surface area contributed by atoms with Gasteiger partial charge in [-0.05, 0) is 20.8 Å². The van der Waals surface area contributed by atoms with Gasteiger partial charge in [-0.25, -0.2) is 0 Å². The molecule has 2 heterocycles. The molecule has 3 aliphatic rings. The normalized spacial score (nSPS) is 48.0. The number of carbonyl (C=O) groups is 1. The molecule has 0 aromatic rings. The topological polar surface area (TPSA) is 138 Å². The van der Waals surface area contributed by atoms with E-state index in [1.54, 1.807) is 20.8 Å². The predicted molar refractivity (Wildman–Crippen MR) is 88.0 cm³/mol. The lowest BCUT2D eigenvalue weighted by Gasteiger charge is -2.39. The molecule has 5 N–H and O–H groups in total. The molecule has 9 nitrogen and oxygen atoms in total. The molecule has 0 unspecified atom stereocenters. The lowest BCUT2D eigenvalue weighted by molar-refractivity contribution is -0.168. The highest BCUT2D eigenvalue weighted by molar-refractivity contribution is 5.85. The molecule has 0 bridgehead atoms. The SMILES string of the molecule is C[C@@H]1O[C@H](CNC(=O)[C@@]2(O)C[C@@H](O)[C@@H]3OC(C)(C)O[C@@H]3C2)C[C@@H](O)[C@@H]1O. The molecule has 150 valence electrons. The summed E-state index contributed by atoms with van der Waals surface area (Å²) in [6.45, 7) is 5.17. The van der Waals surface area contributed by atoms with Gasteiger partial charge < -0.3 is 40.0 Å². The van der Waals surface area contributed by atoms with E-state index in [1.807, 2.05) is 0 Å². The van der Waals surface area contributed by atoms with Crippen LogP contribution in [0.4, 0.5) is 0 Å². The Kier molecular flexibility index (Phi) is 5.35. The van der Waals surface area contributed by atoms with Gasteiger partial charge in [-0.15, -0.1) is 0 Å². The number of rotatable bonds is 3. The van der Waals surface area contributed by atoms with Crippen LogP contribution in [0, 0.1) is 0 Å². The van der Waals surface area contributed by atoms with Crippen LogP contribution >= 0.6 is 0 Å². The monoisotopic (exact) mass is 375 g/mol. The third kappa shape index (κ3) is 3.89. The number of ether oxygens (including phenoxy) is 3. The van der Waals surface area contributed by atoms with E-state index in [0.29, 0.717) is 0 Å². The maximum Gasteiger partial charge on any atom is 0.252 e. The number of hydrogen-bond donors (Lipinski definition) is 5. The zero-order valence-corrected chi connectivity index (χ0v) is 15.3. The second-order valence-electron chi connectivity index (χ2n) is 8.11. The number of aliphatic hydroxyl groups excluding tert-OH is 3. The van der Waals surface area contributed by atoms with E-state index in [1.165, 1.54) is 0 Å². The van der Waals surface area contributed by atoms with Crippen LogP contribution in [-0.4, -0.2) is 87.0 Å². The van der Waals surface area contributed by atoms with Crippen LogP contribution in [0.2, 0.25) is 0 Å². The summed E-state index contributed by atoms with van der Waals surface area (Å²) in [6, 6.07) is 0. The zero-order chi connectivity index (χ0) is 19.3. The molecule has 1 amide bonds. The molecule has 26 heavy (non-hydrogen) atoms. The highest BCUT2D eigenvalue weighted by Crippen LogP contribution is 2.41. The Balaban J connectivity index is 1.58. The first kappa shape index (κ1) is 19.9. The van der Waals surface area contributed by atoms with Crippen molar-refractivity contribution < 1.29 is 39.4 Å². The number of nitrogens with one attached hydrogen (secondary N) is 1. The second-order valence-corrected chi connectivity index (χ2v) is 8.11. The minimum Gasteiger partial charge on any atom is -0.390 e. The van der Waals surface area contributed by atoms with Gasteiger partial charge in [0.15, 0.2) is 5.79 Å². The maximum atomic E-state index is 12.5. The van der Waals surface area contributed by atoms with Gasteiger partial charge in [0.05, 0.1) is 30.5 Å². The Bertz CT molecular complexity index is 531. The van der Waals surface area contributed by atoms with E-state index in [0.717, 1.165) is 0 Å². The second kappa shape index (κ2) is 6.97. The number of carbonyl (C=O) groups excluding carboxylic acids is 1. The van der Waals surface area contributed by atoms with Gasteiger partial charge >= 0.3 is 0 Å². The molecule has 0 aromatic heterocycles. The van der Waals surface area contributed by atoms with E-state index >= 15 is 0 Å². The van der Waals surface area contributed by atoms with Gasteiger partial charge in [0.1, 0.15) is 17.8 Å². The Morgan fingerprint density at radius 2 is 1.85 bits per heavy atom. The van der Waals surface area contributed by atoms with Crippen molar-refractivity contribution in [2.75, 3.05) is 6.54 Å². The third-order valence-electron chi connectivity index (χ3n) is 5.39. The van der Waals surface area contributed by atoms with E-state index in [4.69, 9.17) is 14.2 Å². The van der Waals surface area contributed by atoms with Crippen LogP contribution in [-0.2, 0) is 19.0 Å². The summed E-state index contributed by atoms with van der Waals surface area (Å²) in [5.41, 5.74) is -1.78. The Hall–Kier alpha value is -0.810. The molecule has 3 fully saturated rings. The van der Waals surface area contributed by atoms with Gasteiger partial charge in [0.2, 0.25) is 0 Å². The molecule has 3 rings (SSSR count). The van der Waals surface area contributed by atoms with Crippen molar-refractivity contribution in [3.63, 3.8) is 0 Å². The van der Waals surface area contributed by atoms with Crippen molar-refractivity contribution in [3.8, 4) is 0 Å². The first-order valence-electron chi connectivity index (χ1n) is 9.07. The molecule has 1 saturated carbocycles. The number of hydrogen-bond acceptors (Lipinski definition) is 8. The van der Waals surface area contributed by atoms with Crippen LogP contribution in [0.5, 0.6) is 0 Å². The molecule has 2 aliphatic heterocycles. The largest absolute Gasteiger partial charge is 0.390 e. The van der Waals surface area contributed by atoms with E-state index in [2.05, 4.69) is 5.32 Å². The maximum absolute atomic E-state index is 12.5. The molecule has 8 atom stereocenters. The Labute approximate surface area is 152 Å². The highest BCUT2D eigenvalue weighted by atomic mass is 16.8. The van der Waals surface area contributed by atoms with Crippen LogP contribution < -0.4 is 5.32 Å². The third-order valence-corrected chi connectivity index (χ3v) is 5.39. The minimum absolute atomic E-state index is 0.0211. The van der Waals surface area contributed by atoms with Gasteiger partial charge in [-0.2, -0.15) is 0 Å². The molecular weight excluding hydrogens is 346 g/mol. The summed E-state index contributed by atoms with van der Waals surface area (Å²) >= 11 is 0. The molecular formula is C17H29NO8. The van der Waals surface area contributed by atoms with Crippen molar-refractivity contribution in [2.45, 2.75) is 94.1 Å². The summed E-state index contributed by atoms with van der Waals surface area (Å²) in [5, 5.41) is 43.2. The van der Waals surface area contributed by atoms with Crippen LogP contribution in [0.25, 0.3) is 0 Å². The smallest absolute Gasteiger partial charge is 0.252 e. The molecule has 0 spiro atoms. The first-order chi connectivity index (χ1) is 12.0. The summed E-state index contributed by atoms with van der Waals surface area (Å²) in [7, 11) is 0. The zero-order valence-electron chi connectivity index (χ0n) is 15.3. The summed E-state index contributed by atoms with van der Waals surface area (Å²) in [4.78, 5) is 12.5. The van der Waals surface area contributed by atoms with E-state index in [-0.39, 0.29) is 25.8 Å². The van der Waals surface area contributed by atoms with Gasteiger partial charge in [0.25, 0.3) is 5.91 Å². The molecule has 0 aromatic carbocycles. The van der Waals surface area contributed by atoms with E-state index in [9.17, 15) is 25.2 Å². The Morgan fingerprint density at radius 3 is 2.50 bits per heavy atom. The quantitative estimate of drug-likeness (QED) is 0.398. The molecule has 0 radical (unpaired) electrons. The fourth-order valence-electron chi connectivity index (χ4n) is 4.07. The van der Waals surface area contributed by atoms with Crippen molar-refractivity contribution in [1.82, 2.24) is 5.32 Å². The Morgan fingerprint density at radius 1 is 1.15 bits per heavy atom. The van der Waals surface area contributed by atoms with E-state index < -0.39 is 60.0 Å². The molecule has 9 heteroatoms. The van der Waals surface area contributed by atoms with Crippen molar-refractivity contribution in [2.24, 2.45) is 0 Å². The lowest BCUT2D eigenvalue weighted by atomic mass is 9.79. The van der Waals surface area contributed by atoms with Crippen molar-refractivity contribution in [3.05, 3.63) is 0 Å².